The zero-order valence-corrected chi connectivity index (χ0v) is 13.2. The second-order valence-corrected chi connectivity index (χ2v) is 6.99. The van der Waals surface area contributed by atoms with E-state index in [4.69, 9.17) is 5.11 Å². The quantitative estimate of drug-likeness (QED) is 0.771. The number of carbonyl (C=O) groups excluding carboxylic acids is 1. The van der Waals surface area contributed by atoms with E-state index < -0.39 is 24.0 Å². The van der Waals surface area contributed by atoms with Crippen molar-refractivity contribution < 1.29 is 27.9 Å². The average Bonchev–Trinajstić information content (AvgIpc) is 3.17. The van der Waals surface area contributed by atoms with Gasteiger partial charge in [-0.1, -0.05) is 19.3 Å². The molecule has 23 heavy (non-hydrogen) atoms. The van der Waals surface area contributed by atoms with Crippen molar-refractivity contribution in [3.63, 3.8) is 0 Å². The van der Waals surface area contributed by atoms with E-state index in [0.29, 0.717) is 12.8 Å². The van der Waals surface area contributed by atoms with Crippen LogP contribution in [0.2, 0.25) is 0 Å². The lowest BCUT2D eigenvalue weighted by Crippen LogP contribution is -2.44. The molecular formula is C16H24F3NO3. The molecule has 1 amide bonds. The van der Waals surface area contributed by atoms with Crippen molar-refractivity contribution in [1.29, 1.82) is 0 Å². The first-order valence-corrected chi connectivity index (χ1v) is 8.29. The predicted octanol–water partition coefficient (Wildman–Crippen LogP) is 3.75. The Morgan fingerprint density at radius 1 is 1.09 bits per heavy atom. The van der Waals surface area contributed by atoms with E-state index in [1.807, 2.05) is 0 Å². The number of amides is 1. The van der Waals surface area contributed by atoms with Crippen LogP contribution in [0.3, 0.4) is 0 Å². The molecule has 2 fully saturated rings. The number of halogens is 3. The van der Waals surface area contributed by atoms with Crippen LogP contribution in [-0.4, -0.2) is 40.6 Å². The minimum absolute atomic E-state index is 0.0632. The summed E-state index contributed by atoms with van der Waals surface area (Å²) in [6, 6.07) is -0.126. The molecule has 0 bridgehead atoms. The third-order valence-corrected chi connectivity index (χ3v) is 4.98. The van der Waals surface area contributed by atoms with Gasteiger partial charge in [-0.25, -0.2) is 0 Å². The fourth-order valence-electron chi connectivity index (χ4n) is 3.49. The maximum atomic E-state index is 12.6. The van der Waals surface area contributed by atoms with Crippen LogP contribution < -0.4 is 0 Å². The molecule has 132 valence electrons. The van der Waals surface area contributed by atoms with Gasteiger partial charge in [0.25, 0.3) is 0 Å². The van der Waals surface area contributed by atoms with Crippen LogP contribution in [0.25, 0.3) is 0 Å². The van der Waals surface area contributed by atoms with Gasteiger partial charge in [0.15, 0.2) is 0 Å². The molecule has 0 aromatic carbocycles. The van der Waals surface area contributed by atoms with Crippen molar-refractivity contribution in [3.05, 3.63) is 0 Å². The molecule has 4 nitrogen and oxygen atoms in total. The van der Waals surface area contributed by atoms with Crippen LogP contribution in [0, 0.1) is 5.41 Å². The highest BCUT2D eigenvalue weighted by molar-refractivity contribution is 5.79. The van der Waals surface area contributed by atoms with E-state index in [9.17, 15) is 22.8 Å². The molecule has 0 saturated heterocycles. The fourth-order valence-corrected chi connectivity index (χ4v) is 3.49. The summed E-state index contributed by atoms with van der Waals surface area (Å²) in [5, 5.41) is 8.93. The molecule has 2 saturated carbocycles. The van der Waals surface area contributed by atoms with E-state index in [-0.39, 0.29) is 31.3 Å². The zero-order valence-electron chi connectivity index (χ0n) is 13.2. The monoisotopic (exact) mass is 335 g/mol. The normalized spacial score (nSPS) is 21.0. The number of rotatable bonds is 7. The Balaban J connectivity index is 1.99. The summed E-state index contributed by atoms with van der Waals surface area (Å²) in [6.45, 7) is -0.309. The molecule has 1 N–H and O–H groups in total. The Labute approximate surface area is 134 Å². The van der Waals surface area contributed by atoms with Gasteiger partial charge in [0.1, 0.15) is 0 Å². The topological polar surface area (TPSA) is 57.6 Å². The first-order chi connectivity index (χ1) is 10.7. The van der Waals surface area contributed by atoms with Gasteiger partial charge in [-0.3, -0.25) is 9.59 Å². The molecule has 0 radical (unpaired) electrons. The van der Waals surface area contributed by atoms with Crippen molar-refractivity contribution in [2.45, 2.75) is 76.4 Å². The summed E-state index contributed by atoms with van der Waals surface area (Å²) in [5.74, 6) is -1.25. The number of hydrogen-bond acceptors (Lipinski definition) is 2. The van der Waals surface area contributed by atoms with Crippen molar-refractivity contribution in [2.75, 3.05) is 6.54 Å². The highest BCUT2D eigenvalue weighted by Gasteiger charge is 2.47. The molecule has 0 aromatic heterocycles. The number of hydrogen-bond donors (Lipinski definition) is 1. The lowest BCUT2D eigenvalue weighted by molar-refractivity contribution is -0.149. The van der Waals surface area contributed by atoms with E-state index in [2.05, 4.69) is 0 Å². The van der Waals surface area contributed by atoms with E-state index in [1.165, 1.54) is 4.90 Å². The number of carboxylic acid groups (broad SMARTS) is 1. The van der Waals surface area contributed by atoms with E-state index in [1.54, 1.807) is 0 Å². The highest BCUT2D eigenvalue weighted by Crippen LogP contribution is 2.52. The molecule has 0 spiro atoms. The van der Waals surface area contributed by atoms with Gasteiger partial charge in [-0.2, -0.15) is 13.2 Å². The van der Waals surface area contributed by atoms with Gasteiger partial charge in [0.05, 0.1) is 12.8 Å². The van der Waals surface area contributed by atoms with E-state index >= 15 is 0 Å². The molecule has 0 heterocycles. The molecule has 0 unspecified atom stereocenters. The Hall–Kier alpha value is -1.27. The molecule has 0 aliphatic heterocycles. The number of carboxylic acids is 1. The molecule has 0 aromatic rings. The first kappa shape index (κ1) is 18.1. The maximum Gasteiger partial charge on any atom is 0.390 e. The molecule has 2 rings (SSSR count). The summed E-state index contributed by atoms with van der Waals surface area (Å²) in [6.07, 6.45) is 0.454. The van der Waals surface area contributed by atoms with Crippen molar-refractivity contribution in [1.82, 2.24) is 4.90 Å². The van der Waals surface area contributed by atoms with Crippen LogP contribution in [0.5, 0.6) is 0 Å². The van der Waals surface area contributed by atoms with Gasteiger partial charge in [0, 0.05) is 19.0 Å². The number of carbonyl (C=O) groups is 2. The van der Waals surface area contributed by atoms with Crippen LogP contribution in [0.15, 0.2) is 0 Å². The number of aliphatic carboxylic acids is 1. The van der Waals surface area contributed by atoms with Crippen LogP contribution >= 0.6 is 0 Å². The van der Waals surface area contributed by atoms with Crippen LogP contribution in [-0.2, 0) is 9.59 Å². The third kappa shape index (κ3) is 5.70. The molecule has 0 atom stereocenters. The SMILES string of the molecule is O=C(O)CC1(CC(=O)N(CCC(F)(F)F)C2CCCCC2)CC1. The third-order valence-electron chi connectivity index (χ3n) is 4.98. The maximum absolute atomic E-state index is 12.6. The van der Waals surface area contributed by atoms with Crippen molar-refractivity contribution >= 4 is 11.9 Å². The Kier molecular flexibility index (Phi) is 5.57. The summed E-state index contributed by atoms with van der Waals surface area (Å²) in [4.78, 5) is 24.8. The summed E-state index contributed by atoms with van der Waals surface area (Å²) in [7, 11) is 0. The van der Waals surface area contributed by atoms with Gasteiger partial charge in [-0.05, 0) is 31.1 Å². The number of alkyl halides is 3. The van der Waals surface area contributed by atoms with Crippen molar-refractivity contribution in [3.8, 4) is 0 Å². The average molecular weight is 335 g/mol. The Morgan fingerprint density at radius 3 is 2.17 bits per heavy atom. The summed E-state index contributed by atoms with van der Waals surface area (Å²) in [5.41, 5.74) is -0.520. The van der Waals surface area contributed by atoms with Crippen LogP contribution in [0.4, 0.5) is 13.2 Å². The standard InChI is InChI=1S/C16H24F3NO3/c17-16(18,19)8-9-20(12-4-2-1-3-5-12)13(21)10-15(6-7-15)11-14(22)23/h12H,1-11H2,(H,22,23). The van der Waals surface area contributed by atoms with Gasteiger partial charge in [-0.15, -0.1) is 0 Å². The molecule has 2 aliphatic rings. The smallest absolute Gasteiger partial charge is 0.390 e. The molecule has 7 heteroatoms. The molecule has 2 aliphatic carbocycles. The predicted molar refractivity (Wildman–Crippen MR) is 77.8 cm³/mol. The van der Waals surface area contributed by atoms with Gasteiger partial charge < -0.3 is 10.0 Å². The minimum Gasteiger partial charge on any atom is -0.481 e. The van der Waals surface area contributed by atoms with Crippen LogP contribution in [0.1, 0.15) is 64.2 Å². The summed E-state index contributed by atoms with van der Waals surface area (Å²) < 4.78 is 37.7. The second kappa shape index (κ2) is 7.09. The second-order valence-electron chi connectivity index (χ2n) is 6.99. The summed E-state index contributed by atoms with van der Waals surface area (Å²) >= 11 is 0. The Morgan fingerprint density at radius 2 is 1.70 bits per heavy atom. The van der Waals surface area contributed by atoms with E-state index in [0.717, 1.165) is 32.1 Å². The first-order valence-electron chi connectivity index (χ1n) is 8.29. The van der Waals surface area contributed by atoms with Gasteiger partial charge >= 0.3 is 12.1 Å². The zero-order chi connectivity index (χ0) is 17.1. The largest absolute Gasteiger partial charge is 0.481 e. The minimum atomic E-state index is -4.29. The lowest BCUT2D eigenvalue weighted by atomic mass is 9.92. The Bertz CT molecular complexity index is 440. The highest BCUT2D eigenvalue weighted by atomic mass is 19.4. The lowest BCUT2D eigenvalue weighted by Gasteiger charge is -2.35. The fraction of sp³-hybridized carbons (Fsp3) is 0.875. The van der Waals surface area contributed by atoms with Gasteiger partial charge in [0.2, 0.25) is 5.91 Å². The molecular weight excluding hydrogens is 311 g/mol. The number of nitrogens with zero attached hydrogens (tertiary/aromatic N) is 1. The van der Waals surface area contributed by atoms with Crippen molar-refractivity contribution in [2.24, 2.45) is 5.41 Å².